The summed E-state index contributed by atoms with van der Waals surface area (Å²) >= 11 is 0. The predicted octanol–water partition coefficient (Wildman–Crippen LogP) is 8.98. The van der Waals surface area contributed by atoms with E-state index < -0.39 is 17.8 Å². The van der Waals surface area contributed by atoms with E-state index in [0.717, 1.165) is 28.5 Å². The molecule has 0 spiro atoms. The van der Waals surface area contributed by atoms with E-state index in [1.165, 1.54) is 23.8 Å². The number of pyridine rings is 1. The topological polar surface area (TPSA) is 102 Å². The van der Waals surface area contributed by atoms with Gasteiger partial charge in [-0.25, -0.2) is 4.79 Å². The number of ether oxygens (including phenoxy) is 2. The highest BCUT2D eigenvalue weighted by Crippen LogP contribution is 2.33. The van der Waals surface area contributed by atoms with Gasteiger partial charge < -0.3 is 25.4 Å². The monoisotopic (exact) mass is 682 g/mol. The fraction of sp³-hybridized carbons (Fsp3) is 0.205. The van der Waals surface area contributed by atoms with Crippen LogP contribution in [0.1, 0.15) is 43.0 Å². The molecule has 3 N–H and O–H groups in total. The minimum Gasteiger partial charge on any atom is -0.486 e. The van der Waals surface area contributed by atoms with Crippen LogP contribution in [0, 0.1) is 0 Å². The van der Waals surface area contributed by atoms with E-state index in [0.29, 0.717) is 41.7 Å². The summed E-state index contributed by atoms with van der Waals surface area (Å²) in [7, 11) is 0. The number of aromatic nitrogens is 1. The summed E-state index contributed by atoms with van der Waals surface area (Å²) in [5.41, 5.74) is 3.55. The molecule has 0 aliphatic carbocycles. The number of nitrogens with one attached hydrogen (secondary N) is 3. The number of urea groups is 1. The molecular weight excluding hydrogens is 645 g/mol. The Labute approximate surface area is 288 Å². The molecule has 1 aromatic heterocycles. The van der Waals surface area contributed by atoms with Gasteiger partial charge in [0.2, 0.25) is 5.91 Å². The van der Waals surface area contributed by atoms with E-state index in [4.69, 9.17) is 9.47 Å². The minimum atomic E-state index is -4.37. The maximum Gasteiger partial charge on any atom is 0.416 e. The van der Waals surface area contributed by atoms with Crippen LogP contribution in [0.3, 0.4) is 0 Å². The van der Waals surface area contributed by atoms with Gasteiger partial charge in [-0.15, -0.1) is 0 Å². The molecule has 1 aliphatic rings. The van der Waals surface area contributed by atoms with Crippen molar-refractivity contribution in [3.8, 4) is 11.5 Å². The van der Waals surface area contributed by atoms with Gasteiger partial charge in [0.05, 0.1) is 11.3 Å². The molecule has 0 bridgehead atoms. The highest BCUT2D eigenvalue weighted by atomic mass is 19.4. The molecule has 0 radical (unpaired) electrons. The van der Waals surface area contributed by atoms with Crippen LogP contribution in [-0.4, -0.2) is 30.1 Å². The quantitative estimate of drug-likeness (QED) is 0.155. The number of halogens is 3. The zero-order valence-electron chi connectivity index (χ0n) is 27.8. The number of nitrogens with zero attached hydrogens (tertiary/aromatic N) is 1. The second kappa shape index (κ2) is 15.6. The van der Waals surface area contributed by atoms with Gasteiger partial charge in [0.25, 0.3) is 0 Å². The highest BCUT2D eigenvalue weighted by Gasteiger charge is 2.29. The highest BCUT2D eigenvalue weighted by molar-refractivity contribution is 6.02. The van der Waals surface area contributed by atoms with Gasteiger partial charge in [0.1, 0.15) is 13.2 Å². The number of carbonyl (C=O) groups is 2. The number of rotatable bonds is 6. The number of alkyl halides is 3. The Bertz CT molecular complexity index is 1960. The van der Waals surface area contributed by atoms with Gasteiger partial charge in [-0.1, -0.05) is 69.3 Å². The van der Waals surface area contributed by atoms with Crippen molar-refractivity contribution in [1.29, 1.82) is 0 Å². The number of benzene rings is 4. The molecule has 0 unspecified atom stereocenters. The van der Waals surface area contributed by atoms with E-state index >= 15 is 0 Å². The Balaban J connectivity index is 0.000000194. The molecule has 6 rings (SSSR count). The molecule has 8 nitrogen and oxygen atoms in total. The third kappa shape index (κ3) is 9.85. The molecule has 0 fully saturated rings. The Morgan fingerprint density at radius 2 is 1.52 bits per heavy atom. The van der Waals surface area contributed by atoms with E-state index in [1.807, 2.05) is 18.2 Å². The predicted molar refractivity (Wildman–Crippen MR) is 189 cm³/mol. The fourth-order valence-corrected chi connectivity index (χ4v) is 4.96. The molecule has 3 amide bonds. The molecule has 258 valence electrons. The largest absolute Gasteiger partial charge is 0.486 e. The van der Waals surface area contributed by atoms with Crippen molar-refractivity contribution in [3.63, 3.8) is 0 Å². The number of carbonyl (C=O) groups excluding carboxylic acids is 2. The average Bonchev–Trinajstić information content (AvgIpc) is 3.10. The number of hydrogen-bond acceptors (Lipinski definition) is 5. The summed E-state index contributed by atoms with van der Waals surface area (Å²) in [6, 6.07) is 25.1. The Morgan fingerprint density at radius 3 is 2.22 bits per heavy atom. The summed E-state index contributed by atoms with van der Waals surface area (Å²) in [6.45, 7) is 7.73. The lowest BCUT2D eigenvalue weighted by molar-refractivity contribution is -0.137. The Kier molecular flexibility index (Phi) is 11.1. The first-order valence-corrected chi connectivity index (χ1v) is 15.9. The maximum absolute atomic E-state index is 12.5. The molecule has 1 aliphatic heterocycles. The normalized spacial score (nSPS) is 12.5. The first kappa shape index (κ1) is 35.5. The number of fused-ring (bicyclic) bond motifs is 2. The average molecular weight is 683 g/mol. The maximum atomic E-state index is 12.5. The van der Waals surface area contributed by atoms with Crippen LogP contribution in [0.25, 0.3) is 16.8 Å². The molecule has 0 saturated heterocycles. The van der Waals surface area contributed by atoms with Crippen molar-refractivity contribution in [2.75, 3.05) is 23.8 Å². The smallest absolute Gasteiger partial charge is 0.416 e. The van der Waals surface area contributed by atoms with Gasteiger partial charge in [-0.3, -0.25) is 9.78 Å². The van der Waals surface area contributed by atoms with Crippen LogP contribution in [-0.2, 0) is 22.9 Å². The molecule has 0 atom stereocenters. The Morgan fingerprint density at radius 1 is 0.820 bits per heavy atom. The number of hydrogen-bond donors (Lipinski definition) is 3. The van der Waals surface area contributed by atoms with E-state index in [1.54, 1.807) is 54.9 Å². The van der Waals surface area contributed by atoms with Gasteiger partial charge in [0.15, 0.2) is 11.5 Å². The van der Waals surface area contributed by atoms with Crippen molar-refractivity contribution in [3.05, 3.63) is 132 Å². The number of amides is 3. The van der Waals surface area contributed by atoms with Crippen molar-refractivity contribution < 1.29 is 32.2 Å². The van der Waals surface area contributed by atoms with E-state index in [-0.39, 0.29) is 17.9 Å². The first-order valence-electron chi connectivity index (χ1n) is 15.9. The molecule has 5 aromatic rings. The summed E-state index contributed by atoms with van der Waals surface area (Å²) in [6.07, 6.45) is 2.30. The SMILES string of the molecule is CC(C)(C)c1ccc(/C=C/C(=O)Nc2ccc3c(c2)OCCO3)cc1.O=C(NCc1ccc(C(F)(F)F)cc1)Nc1cccc2cnccc12. The van der Waals surface area contributed by atoms with Gasteiger partial charge in [0, 0.05) is 47.5 Å². The van der Waals surface area contributed by atoms with Crippen LogP contribution in [0.5, 0.6) is 11.5 Å². The second-order valence-corrected chi connectivity index (χ2v) is 12.5. The summed E-state index contributed by atoms with van der Waals surface area (Å²) in [4.78, 5) is 28.2. The molecule has 4 aromatic carbocycles. The summed E-state index contributed by atoms with van der Waals surface area (Å²) in [5.74, 6) is 1.18. The molecule has 11 heteroatoms. The zero-order valence-corrected chi connectivity index (χ0v) is 27.8. The van der Waals surface area contributed by atoms with Gasteiger partial charge in [-0.05, 0) is 64.6 Å². The first-order chi connectivity index (χ1) is 23.8. The van der Waals surface area contributed by atoms with Crippen LogP contribution >= 0.6 is 0 Å². The van der Waals surface area contributed by atoms with Crippen LogP contribution < -0.4 is 25.4 Å². The Hall–Kier alpha value is -5.84. The van der Waals surface area contributed by atoms with Crippen molar-refractivity contribution in [2.45, 2.75) is 38.9 Å². The molecular formula is C39H37F3N4O4. The summed E-state index contributed by atoms with van der Waals surface area (Å²) < 4.78 is 48.5. The zero-order chi connectivity index (χ0) is 35.7. The van der Waals surface area contributed by atoms with Crippen LogP contribution in [0.15, 0.2) is 109 Å². The third-order valence-corrected chi connectivity index (χ3v) is 7.68. The van der Waals surface area contributed by atoms with Crippen molar-refractivity contribution in [2.24, 2.45) is 0 Å². The minimum absolute atomic E-state index is 0.121. The van der Waals surface area contributed by atoms with Gasteiger partial charge in [-0.2, -0.15) is 13.2 Å². The lowest BCUT2D eigenvalue weighted by atomic mass is 9.87. The molecule has 50 heavy (non-hydrogen) atoms. The van der Waals surface area contributed by atoms with Crippen LogP contribution in [0.2, 0.25) is 0 Å². The van der Waals surface area contributed by atoms with Crippen molar-refractivity contribution >= 4 is 40.2 Å². The lowest BCUT2D eigenvalue weighted by Crippen LogP contribution is -2.28. The van der Waals surface area contributed by atoms with Gasteiger partial charge >= 0.3 is 12.2 Å². The number of anilines is 2. The third-order valence-electron chi connectivity index (χ3n) is 7.68. The van der Waals surface area contributed by atoms with Crippen LogP contribution in [0.4, 0.5) is 29.3 Å². The fourth-order valence-electron chi connectivity index (χ4n) is 4.96. The van der Waals surface area contributed by atoms with E-state index in [9.17, 15) is 22.8 Å². The van der Waals surface area contributed by atoms with Crippen molar-refractivity contribution in [1.82, 2.24) is 10.3 Å². The molecule has 2 heterocycles. The summed E-state index contributed by atoms with van der Waals surface area (Å²) in [5, 5.41) is 9.93. The lowest BCUT2D eigenvalue weighted by Gasteiger charge is -2.19. The molecule has 0 saturated carbocycles. The second-order valence-electron chi connectivity index (χ2n) is 12.5. The van der Waals surface area contributed by atoms with E-state index in [2.05, 4.69) is 53.8 Å². The standard InChI is InChI=1S/C21H23NO3.C18H14F3N3O/c1-21(2,3)16-7-4-15(5-8-16)6-11-20(23)22-17-9-10-18-19(14-17)25-13-12-24-18;19-18(20,21)14-6-4-12(5-7-14)10-23-17(25)24-16-3-1-2-13-11-22-9-8-15(13)16/h4-11,14H,12-13H2,1-3H3,(H,22,23);1-9,11H,10H2,(H2,23,24,25)/b11-6+;.